The van der Waals surface area contributed by atoms with Crippen molar-refractivity contribution in [3.63, 3.8) is 0 Å². The summed E-state index contributed by atoms with van der Waals surface area (Å²) in [6, 6.07) is 3.60. The molecule has 0 aliphatic carbocycles. The number of rotatable bonds is 5. The zero-order valence-corrected chi connectivity index (χ0v) is 12.8. The van der Waals surface area contributed by atoms with Crippen LogP contribution in [0, 0.1) is 0 Å². The van der Waals surface area contributed by atoms with Gasteiger partial charge in [0.2, 0.25) is 0 Å². The maximum absolute atomic E-state index is 11.7. The van der Waals surface area contributed by atoms with Crippen molar-refractivity contribution >= 4 is 5.97 Å². The molecule has 2 atom stereocenters. The van der Waals surface area contributed by atoms with Gasteiger partial charge in [0.25, 0.3) is 0 Å². The summed E-state index contributed by atoms with van der Waals surface area (Å²) in [6.07, 6.45) is 6.55. The molecule has 0 aromatic carbocycles. The van der Waals surface area contributed by atoms with Crippen LogP contribution in [0.5, 0.6) is 0 Å². The van der Waals surface area contributed by atoms with Gasteiger partial charge in [-0.05, 0) is 38.3 Å². The lowest BCUT2D eigenvalue weighted by Crippen LogP contribution is -2.48. The molecule has 5 heteroatoms. The van der Waals surface area contributed by atoms with Crippen LogP contribution in [-0.4, -0.2) is 42.6 Å². The fourth-order valence-electron chi connectivity index (χ4n) is 3.76. The summed E-state index contributed by atoms with van der Waals surface area (Å²) in [5.41, 5.74) is 0.549. The van der Waals surface area contributed by atoms with Crippen molar-refractivity contribution in [3.05, 3.63) is 23.7 Å². The van der Waals surface area contributed by atoms with E-state index in [4.69, 9.17) is 9.15 Å². The van der Waals surface area contributed by atoms with Crippen LogP contribution in [0.15, 0.2) is 16.7 Å². The van der Waals surface area contributed by atoms with Gasteiger partial charge in [-0.1, -0.05) is 6.92 Å². The normalized spacial score (nSPS) is 28.0. The third-order valence-electron chi connectivity index (χ3n) is 4.87. The minimum Gasteiger partial charge on any atom is -0.467 e. The molecule has 1 aromatic rings. The number of nitrogens with one attached hydrogen (secondary N) is 1. The Balaban J connectivity index is 1.70. The van der Waals surface area contributed by atoms with Crippen LogP contribution in [-0.2, 0) is 11.3 Å². The topological polar surface area (TPSA) is 54.7 Å². The van der Waals surface area contributed by atoms with Gasteiger partial charge < -0.3 is 14.5 Å². The molecule has 2 bridgehead atoms. The van der Waals surface area contributed by atoms with E-state index in [-0.39, 0.29) is 5.97 Å². The average Bonchev–Trinajstić information content (AvgIpc) is 3.10. The number of carbonyl (C=O) groups excluding carboxylic acids is 1. The fraction of sp³-hybridized carbons (Fsp3) is 0.688. The van der Waals surface area contributed by atoms with Crippen molar-refractivity contribution in [1.29, 1.82) is 0 Å². The Morgan fingerprint density at radius 3 is 2.76 bits per heavy atom. The Hall–Kier alpha value is -1.33. The molecule has 0 saturated carbocycles. The van der Waals surface area contributed by atoms with E-state index in [1.165, 1.54) is 32.8 Å². The second-order valence-electron chi connectivity index (χ2n) is 6.08. The van der Waals surface area contributed by atoms with Crippen LogP contribution in [0.25, 0.3) is 0 Å². The van der Waals surface area contributed by atoms with Crippen LogP contribution in [0.3, 0.4) is 0 Å². The summed E-state index contributed by atoms with van der Waals surface area (Å²) in [4.78, 5) is 14.2. The number of esters is 1. The molecule has 21 heavy (non-hydrogen) atoms. The Kier molecular flexibility index (Phi) is 4.31. The van der Waals surface area contributed by atoms with Gasteiger partial charge in [0.15, 0.2) is 0 Å². The first-order chi connectivity index (χ1) is 10.2. The van der Waals surface area contributed by atoms with Gasteiger partial charge in [-0.2, -0.15) is 0 Å². The van der Waals surface area contributed by atoms with E-state index in [0.717, 1.165) is 12.3 Å². The van der Waals surface area contributed by atoms with Crippen LogP contribution in [0.4, 0.5) is 0 Å². The highest BCUT2D eigenvalue weighted by Gasteiger charge is 2.36. The number of carbonyl (C=O) groups is 1. The monoisotopic (exact) mass is 292 g/mol. The number of hydrogen-bond donors (Lipinski definition) is 1. The van der Waals surface area contributed by atoms with E-state index in [1.54, 1.807) is 12.3 Å². The first-order valence-electron chi connectivity index (χ1n) is 7.86. The number of ether oxygens (including phenoxy) is 1. The zero-order chi connectivity index (χ0) is 14.8. The van der Waals surface area contributed by atoms with E-state index in [1.807, 2.05) is 0 Å². The van der Waals surface area contributed by atoms with Crippen molar-refractivity contribution < 1.29 is 13.9 Å². The van der Waals surface area contributed by atoms with Crippen LogP contribution in [0.2, 0.25) is 0 Å². The molecule has 2 saturated heterocycles. The Labute approximate surface area is 125 Å². The van der Waals surface area contributed by atoms with Crippen molar-refractivity contribution in [2.75, 3.05) is 13.7 Å². The molecule has 1 aromatic heterocycles. The first-order valence-corrected chi connectivity index (χ1v) is 7.86. The van der Waals surface area contributed by atoms with Crippen LogP contribution in [0.1, 0.15) is 48.7 Å². The van der Waals surface area contributed by atoms with Crippen molar-refractivity contribution in [2.24, 2.45) is 0 Å². The molecule has 116 valence electrons. The van der Waals surface area contributed by atoms with Crippen molar-refractivity contribution in [1.82, 2.24) is 10.2 Å². The van der Waals surface area contributed by atoms with Gasteiger partial charge in [-0.3, -0.25) is 4.90 Å². The third-order valence-corrected chi connectivity index (χ3v) is 4.87. The molecule has 0 amide bonds. The predicted molar refractivity (Wildman–Crippen MR) is 79.1 cm³/mol. The smallest absolute Gasteiger partial charge is 0.341 e. The largest absolute Gasteiger partial charge is 0.467 e. The molecule has 2 unspecified atom stereocenters. The number of fused-ring (bicyclic) bond motifs is 2. The van der Waals surface area contributed by atoms with Crippen LogP contribution < -0.4 is 5.32 Å². The van der Waals surface area contributed by atoms with E-state index in [9.17, 15) is 4.79 Å². The number of nitrogens with zero attached hydrogens (tertiary/aromatic N) is 1. The highest BCUT2D eigenvalue weighted by Crippen LogP contribution is 2.30. The SMILES string of the molecule is CCN(Cc1occc1C(=O)OC)C1CC2CCC(C1)N2. The lowest BCUT2D eigenvalue weighted by molar-refractivity contribution is 0.0593. The van der Waals surface area contributed by atoms with Crippen molar-refractivity contribution in [2.45, 2.75) is 57.3 Å². The second-order valence-corrected chi connectivity index (χ2v) is 6.08. The maximum atomic E-state index is 11.7. The predicted octanol–water partition coefficient (Wildman–Crippen LogP) is 2.17. The summed E-state index contributed by atoms with van der Waals surface area (Å²) < 4.78 is 10.3. The molecule has 3 heterocycles. The van der Waals surface area contributed by atoms with Gasteiger partial charge in [0.1, 0.15) is 11.3 Å². The number of methoxy groups -OCH3 is 1. The van der Waals surface area contributed by atoms with E-state index >= 15 is 0 Å². The number of furan rings is 1. The van der Waals surface area contributed by atoms with Crippen LogP contribution >= 0.6 is 0 Å². The molecule has 0 spiro atoms. The molecule has 2 fully saturated rings. The Morgan fingerprint density at radius 2 is 2.14 bits per heavy atom. The zero-order valence-electron chi connectivity index (χ0n) is 12.8. The first kappa shape index (κ1) is 14.6. The highest BCUT2D eigenvalue weighted by molar-refractivity contribution is 5.90. The summed E-state index contributed by atoms with van der Waals surface area (Å²) in [5, 5.41) is 3.67. The number of hydrogen-bond acceptors (Lipinski definition) is 5. The summed E-state index contributed by atoms with van der Waals surface area (Å²) in [6.45, 7) is 3.81. The van der Waals surface area contributed by atoms with Gasteiger partial charge >= 0.3 is 5.97 Å². The van der Waals surface area contributed by atoms with E-state index < -0.39 is 0 Å². The van der Waals surface area contributed by atoms with Gasteiger partial charge in [0.05, 0.1) is 19.9 Å². The average molecular weight is 292 g/mol. The summed E-state index contributed by atoms with van der Waals surface area (Å²) >= 11 is 0. The van der Waals surface area contributed by atoms with Crippen molar-refractivity contribution in [3.8, 4) is 0 Å². The lowest BCUT2D eigenvalue weighted by Gasteiger charge is -2.37. The molecule has 5 nitrogen and oxygen atoms in total. The lowest BCUT2D eigenvalue weighted by atomic mass is 9.98. The standard InChI is InChI=1S/C16H24N2O3/c1-3-18(13-8-11-4-5-12(9-13)17-11)10-15-14(6-7-21-15)16(19)20-2/h6-7,11-13,17H,3-5,8-10H2,1-2H3. The summed E-state index contributed by atoms with van der Waals surface area (Å²) in [5.74, 6) is 0.398. The van der Waals surface area contributed by atoms with Gasteiger partial charge in [-0.25, -0.2) is 4.79 Å². The molecular weight excluding hydrogens is 268 g/mol. The molecule has 1 N–H and O–H groups in total. The van der Waals surface area contributed by atoms with E-state index in [0.29, 0.717) is 30.2 Å². The molecule has 3 rings (SSSR count). The Morgan fingerprint density at radius 1 is 1.43 bits per heavy atom. The quantitative estimate of drug-likeness (QED) is 0.843. The molecule has 2 aliphatic rings. The third kappa shape index (κ3) is 2.99. The fourth-order valence-corrected chi connectivity index (χ4v) is 3.76. The maximum Gasteiger partial charge on any atom is 0.341 e. The van der Waals surface area contributed by atoms with Gasteiger partial charge in [-0.15, -0.1) is 0 Å². The van der Waals surface area contributed by atoms with E-state index in [2.05, 4.69) is 17.1 Å². The summed E-state index contributed by atoms with van der Waals surface area (Å²) in [7, 11) is 1.40. The Bertz CT molecular complexity index is 487. The molecular formula is C16H24N2O3. The molecule has 0 radical (unpaired) electrons. The highest BCUT2D eigenvalue weighted by atomic mass is 16.5. The minimum absolute atomic E-state index is 0.319. The minimum atomic E-state index is -0.319. The van der Waals surface area contributed by atoms with Gasteiger partial charge in [0, 0.05) is 18.1 Å². The second kappa shape index (κ2) is 6.20. The molecule has 2 aliphatic heterocycles. The number of piperidine rings is 1.